The SMILES string of the molecule is COc1ccccc1NC1CCSc2ccc(Cl)cc21. The van der Waals surface area contributed by atoms with Crippen LogP contribution in [0.4, 0.5) is 5.69 Å². The molecule has 1 unspecified atom stereocenters. The molecule has 1 heterocycles. The highest BCUT2D eigenvalue weighted by Gasteiger charge is 2.21. The van der Waals surface area contributed by atoms with E-state index in [0.717, 1.165) is 28.6 Å². The van der Waals surface area contributed by atoms with Crippen molar-refractivity contribution in [1.82, 2.24) is 0 Å². The molecule has 1 atom stereocenters. The molecule has 0 saturated carbocycles. The van der Waals surface area contributed by atoms with Crippen LogP contribution >= 0.6 is 23.4 Å². The monoisotopic (exact) mass is 305 g/mol. The van der Waals surface area contributed by atoms with E-state index in [1.165, 1.54) is 10.5 Å². The van der Waals surface area contributed by atoms with Crippen molar-refractivity contribution in [3.8, 4) is 5.75 Å². The molecule has 0 amide bonds. The highest BCUT2D eigenvalue weighted by molar-refractivity contribution is 7.99. The van der Waals surface area contributed by atoms with E-state index in [9.17, 15) is 0 Å². The van der Waals surface area contributed by atoms with Crippen molar-refractivity contribution in [2.24, 2.45) is 0 Å². The minimum atomic E-state index is 0.279. The number of thioether (sulfide) groups is 1. The quantitative estimate of drug-likeness (QED) is 0.862. The summed E-state index contributed by atoms with van der Waals surface area (Å²) < 4.78 is 5.40. The van der Waals surface area contributed by atoms with Crippen molar-refractivity contribution in [3.05, 3.63) is 53.1 Å². The van der Waals surface area contributed by atoms with E-state index in [-0.39, 0.29) is 6.04 Å². The van der Waals surface area contributed by atoms with E-state index in [2.05, 4.69) is 17.4 Å². The summed E-state index contributed by atoms with van der Waals surface area (Å²) in [7, 11) is 1.70. The molecule has 2 aromatic carbocycles. The molecule has 0 fully saturated rings. The maximum absolute atomic E-state index is 6.14. The summed E-state index contributed by atoms with van der Waals surface area (Å²) in [4.78, 5) is 1.31. The molecule has 2 nitrogen and oxygen atoms in total. The molecule has 0 aromatic heterocycles. The molecule has 1 N–H and O–H groups in total. The molecule has 1 aliphatic heterocycles. The zero-order valence-electron chi connectivity index (χ0n) is 11.2. The number of benzene rings is 2. The maximum atomic E-state index is 6.14. The minimum absolute atomic E-state index is 0.279. The number of hydrogen-bond acceptors (Lipinski definition) is 3. The normalized spacial score (nSPS) is 17.4. The lowest BCUT2D eigenvalue weighted by molar-refractivity contribution is 0.416. The number of para-hydroxylation sites is 2. The van der Waals surface area contributed by atoms with Crippen LogP contribution in [0.3, 0.4) is 0 Å². The highest BCUT2D eigenvalue weighted by Crippen LogP contribution is 2.40. The smallest absolute Gasteiger partial charge is 0.141 e. The lowest BCUT2D eigenvalue weighted by Crippen LogP contribution is -2.16. The standard InChI is InChI=1S/C16H16ClNOS/c1-19-15-5-3-2-4-14(15)18-13-8-9-20-16-7-6-11(17)10-12(13)16/h2-7,10,13,18H,8-9H2,1H3. The Labute approximate surface area is 128 Å². The van der Waals surface area contributed by atoms with E-state index in [1.807, 2.05) is 42.1 Å². The van der Waals surface area contributed by atoms with Gasteiger partial charge in [-0.25, -0.2) is 0 Å². The third-order valence-electron chi connectivity index (χ3n) is 3.45. The third kappa shape index (κ3) is 2.74. The first-order valence-electron chi connectivity index (χ1n) is 6.60. The number of hydrogen-bond donors (Lipinski definition) is 1. The number of anilines is 1. The number of halogens is 1. The van der Waals surface area contributed by atoms with E-state index >= 15 is 0 Å². The number of rotatable bonds is 3. The second-order valence-electron chi connectivity index (χ2n) is 4.72. The molecular weight excluding hydrogens is 290 g/mol. The average molecular weight is 306 g/mol. The summed E-state index contributed by atoms with van der Waals surface area (Å²) in [5.41, 5.74) is 2.30. The van der Waals surface area contributed by atoms with Gasteiger partial charge in [-0.05, 0) is 42.3 Å². The van der Waals surface area contributed by atoms with Crippen LogP contribution in [0.5, 0.6) is 5.75 Å². The molecule has 0 radical (unpaired) electrons. The number of nitrogens with one attached hydrogen (secondary N) is 1. The Morgan fingerprint density at radius 2 is 2.10 bits per heavy atom. The number of ether oxygens (including phenoxy) is 1. The molecule has 0 bridgehead atoms. The van der Waals surface area contributed by atoms with Gasteiger partial charge in [0.1, 0.15) is 5.75 Å². The first-order valence-corrected chi connectivity index (χ1v) is 7.96. The van der Waals surface area contributed by atoms with E-state index in [0.29, 0.717) is 0 Å². The molecule has 0 aliphatic carbocycles. The fraction of sp³-hybridized carbons (Fsp3) is 0.250. The molecule has 104 valence electrons. The van der Waals surface area contributed by atoms with Gasteiger partial charge in [-0.1, -0.05) is 23.7 Å². The average Bonchev–Trinajstić information content (AvgIpc) is 2.48. The first-order chi connectivity index (χ1) is 9.78. The maximum Gasteiger partial charge on any atom is 0.141 e. The molecule has 0 saturated heterocycles. The Bertz CT molecular complexity index is 617. The van der Waals surface area contributed by atoms with Gasteiger partial charge in [0.05, 0.1) is 18.8 Å². The number of methoxy groups -OCH3 is 1. The summed E-state index contributed by atoms with van der Waals surface area (Å²) in [5.74, 6) is 1.98. The van der Waals surface area contributed by atoms with Gasteiger partial charge in [-0.15, -0.1) is 11.8 Å². The summed E-state index contributed by atoms with van der Waals surface area (Å²) in [5, 5.41) is 4.38. The van der Waals surface area contributed by atoms with Gasteiger partial charge in [0.15, 0.2) is 0 Å². The molecule has 2 aromatic rings. The predicted octanol–water partition coefficient (Wildman–Crippen LogP) is 5.00. The fourth-order valence-corrected chi connectivity index (χ4v) is 3.75. The van der Waals surface area contributed by atoms with Gasteiger partial charge >= 0.3 is 0 Å². The minimum Gasteiger partial charge on any atom is -0.495 e. The van der Waals surface area contributed by atoms with Crippen LogP contribution in [0.1, 0.15) is 18.0 Å². The van der Waals surface area contributed by atoms with Crippen molar-refractivity contribution in [1.29, 1.82) is 0 Å². The zero-order valence-corrected chi connectivity index (χ0v) is 12.8. The van der Waals surface area contributed by atoms with Crippen LogP contribution in [-0.2, 0) is 0 Å². The fourth-order valence-electron chi connectivity index (χ4n) is 2.47. The topological polar surface area (TPSA) is 21.3 Å². The second-order valence-corrected chi connectivity index (χ2v) is 6.29. The zero-order chi connectivity index (χ0) is 13.9. The Morgan fingerprint density at radius 3 is 2.95 bits per heavy atom. The Morgan fingerprint density at radius 1 is 1.25 bits per heavy atom. The lowest BCUT2D eigenvalue weighted by Gasteiger charge is -2.27. The van der Waals surface area contributed by atoms with Gasteiger partial charge in [-0.2, -0.15) is 0 Å². The van der Waals surface area contributed by atoms with Gasteiger partial charge in [0, 0.05) is 15.7 Å². The van der Waals surface area contributed by atoms with E-state index in [1.54, 1.807) is 7.11 Å². The highest BCUT2D eigenvalue weighted by atomic mass is 35.5. The van der Waals surface area contributed by atoms with E-state index < -0.39 is 0 Å². The molecule has 3 rings (SSSR count). The Balaban J connectivity index is 1.91. The van der Waals surface area contributed by atoms with Crippen molar-refractivity contribution < 1.29 is 4.74 Å². The second kappa shape index (κ2) is 5.98. The van der Waals surface area contributed by atoms with Crippen molar-refractivity contribution >= 4 is 29.1 Å². The molecule has 4 heteroatoms. The summed E-state index contributed by atoms with van der Waals surface area (Å²) in [6, 6.07) is 14.4. The first kappa shape index (κ1) is 13.7. The summed E-state index contributed by atoms with van der Waals surface area (Å²) in [6.45, 7) is 0. The van der Waals surface area contributed by atoms with Crippen LogP contribution in [0, 0.1) is 0 Å². The van der Waals surface area contributed by atoms with Gasteiger partial charge in [0.2, 0.25) is 0 Å². The molecule has 20 heavy (non-hydrogen) atoms. The van der Waals surface area contributed by atoms with Gasteiger partial charge < -0.3 is 10.1 Å². The van der Waals surface area contributed by atoms with Crippen LogP contribution in [0.15, 0.2) is 47.4 Å². The molecule has 1 aliphatic rings. The number of fused-ring (bicyclic) bond motifs is 1. The van der Waals surface area contributed by atoms with Crippen LogP contribution < -0.4 is 10.1 Å². The van der Waals surface area contributed by atoms with E-state index in [4.69, 9.17) is 16.3 Å². The lowest BCUT2D eigenvalue weighted by atomic mass is 10.0. The van der Waals surface area contributed by atoms with Crippen LogP contribution in [0.25, 0.3) is 0 Å². The predicted molar refractivity (Wildman–Crippen MR) is 86.2 cm³/mol. The Hall–Kier alpha value is -1.32. The van der Waals surface area contributed by atoms with Crippen LogP contribution in [-0.4, -0.2) is 12.9 Å². The molecular formula is C16H16ClNOS. The Kier molecular flexibility index (Phi) is 4.08. The summed E-state index contributed by atoms with van der Waals surface area (Å²) in [6.07, 6.45) is 1.08. The summed E-state index contributed by atoms with van der Waals surface area (Å²) >= 11 is 8.03. The van der Waals surface area contributed by atoms with Gasteiger partial charge in [-0.3, -0.25) is 0 Å². The van der Waals surface area contributed by atoms with Crippen LogP contribution in [0.2, 0.25) is 5.02 Å². The van der Waals surface area contributed by atoms with Crippen molar-refractivity contribution in [2.45, 2.75) is 17.4 Å². The van der Waals surface area contributed by atoms with Gasteiger partial charge in [0.25, 0.3) is 0 Å². The van der Waals surface area contributed by atoms with Crippen molar-refractivity contribution in [2.75, 3.05) is 18.2 Å². The third-order valence-corrected chi connectivity index (χ3v) is 4.81. The molecule has 0 spiro atoms. The largest absolute Gasteiger partial charge is 0.495 e. The van der Waals surface area contributed by atoms with Crippen molar-refractivity contribution in [3.63, 3.8) is 0 Å².